The molecule has 0 saturated heterocycles. The van der Waals surface area contributed by atoms with E-state index in [1.54, 1.807) is 12.2 Å². The van der Waals surface area contributed by atoms with Crippen LogP contribution in [-0.4, -0.2) is 9.58 Å². The van der Waals surface area contributed by atoms with Gasteiger partial charge in [0.25, 0.3) is 0 Å². The first kappa shape index (κ1) is 13.7. The lowest BCUT2D eigenvalue weighted by molar-refractivity contribution is -0.110. The van der Waals surface area contributed by atoms with Gasteiger partial charge in [0.2, 0.25) is 3.79 Å². The molecule has 0 spiro atoms. The molecule has 1 aromatic carbocycles. The lowest BCUT2D eigenvalue weighted by Gasteiger charge is -2.35. The molecule has 0 aromatic heterocycles. The number of carbonyl (C=O) groups excluding carboxylic acids is 1. The second kappa shape index (κ2) is 5.08. The number of benzene rings is 1. The number of allylic oxidation sites excluding steroid dienone is 4. The van der Waals surface area contributed by atoms with E-state index in [1.807, 2.05) is 30.3 Å². The molecule has 18 heavy (non-hydrogen) atoms. The summed E-state index contributed by atoms with van der Waals surface area (Å²) in [7, 11) is 0. The SMILES string of the molecule is O=C1C=CC(Cc2ccccc2)(C(Cl)(Cl)Cl)C=C1. The van der Waals surface area contributed by atoms with Gasteiger partial charge in [-0.25, -0.2) is 0 Å². The molecular formula is C14H11Cl3O. The summed E-state index contributed by atoms with van der Waals surface area (Å²) < 4.78 is -1.50. The molecule has 0 aliphatic heterocycles. The van der Waals surface area contributed by atoms with Gasteiger partial charge in [-0.2, -0.15) is 0 Å². The number of carbonyl (C=O) groups is 1. The van der Waals surface area contributed by atoms with Crippen LogP contribution in [0.5, 0.6) is 0 Å². The molecule has 0 radical (unpaired) electrons. The summed E-state index contributed by atoms with van der Waals surface area (Å²) in [6, 6.07) is 9.74. The van der Waals surface area contributed by atoms with Crippen molar-refractivity contribution in [2.45, 2.75) is 10.2 Å². The Morgan fingerprint density at radius 2 is 1.56 bits per heavy atom. The quantitative estimate of drug-likeness (QED) is 0.745. The zero-order valence-electron chi connectivity index (χ0n) is 9.45. The standard InChI is InChI=1S/C14H11Cl3O/c15-14(16,17)13(8-6-12(18)7-9-13)10-11-4-2-1-3-5-11/h1-9H,10H2. The van der Waals surface area contributed by atoms with E-state index in [0.29, 0.717) is 6.42 Å². The Kier molecular flexibility index (Phi) is 3.86. The van der Waals surface area contributed by atoms with Crippen LogP contribution in [0.15, 0.2) is 54.6 Å². The van der Waals surface area contributed by atoms with E-state index >= 15 is 0 Å². The molecule has 0 N–H and O–H groups in total. The second-order valence-electron chi connectivity index (χ2n) is 4.27. The van der Waals surface area contributed by atoms with E-state index in [4.69, 9.17) is 34.8 Å². The summed E-state index contributed by atoms with van der Waals surface area (Å²) in [6.07, 6.45) is 6.78. The van der Waals surface area contributed by atoms with Gasteiger partial charge in [0.05, 0.1) is 5.41 Å². The third-order valence-corrected chi connectivity index (χ3v) is 4.01. The van der Waals surface area contributed by atoms with Crippen LogP contribution in [0.4, 0.5) is 0 Å². The monoisotopic (exact) mass is 300 g/mol. The van der Waals surface area contributed by atoms with Crippen molar-refractivity contribution in [1.82, 2.24) is 0 Å². The van der Waals surface area contributed by atoms with Crippen molar-refractivity contribution in [3.05, 3.63) is 60.2 Å². The van der Waals surface area contributed by atoms with Gasteiger partial charge < -0.3 is 0 Å². The molecule has 0 saturated carbocycles. The molecule has 94 valence electrons. The Morgan fingerprint density at radius 1 is 1.00 bits per heavy atom. The topological polar surface area (TPSA) is 17.1 Å². The fraction of sp³-hybridized carbons (Fsp3) is 0.214. The number of rotatable bonds is 2. The molecule has 1 nitrogen and oxygen atoms in total. The normalized spacial score (nSPS) is 18.1. The van der Waals surface area contributed by atoms with Crippen molar-refractivity contribution in [2.75, 3.05) is 0 Å². The lowest BCUT2D eigenvalue weighted by Crippen LogP contribution is -2.35. The minimum absolute atomic E-state index is 0.0899. The van der Waals surface area contributed by atoms with E-state index < -0.39 is 9.21 Å². The van der Waals surface area contributed by atoms with Gasteiger partial charge in [0, 0.05) is 0 Å². The highest BCUT2D eigenvalue weighted by Gasteiger charge is 2.45. The van der Waals surface area contributed by atoms with Gasteiger partial charge in [-0.3, -0.25) is 4.79 Å². The highest BCUT2D eigenvalue weighted by atomic mass is 35.6. The Labute approximate surface area is 121 Å². The van der Waals surface area contributed by atoms with E-state index in [1.165, 1.54) is 12.2 Å². The minimum atomic E-state index is -1.50. The van der Waals surface area contributed by atoms with Crippen LogP contribution in [0.1, 0.15) is 5.56 Å². The number of halogens is 3. The molecule has 0 atom stereocenters. The van der Waals surface area contributed by atoms with Crippen LogP contribution < -0.4 is 0 Å². The molecular weight excluding hydrogens is 291 g/mol. The second-order valence-corrected chi connectivity index (χ2v) is 6.55. The van der Waals surface area contributed by atoms with E-state index in [-0.39, 0.29) is 5.78 Å². The predicted octanol–water partition coefficient (Wildman–Crippen LogP) is 4.28. The largest absolute Gasteiger partial charge is 0.290 e. The maximum atomic E-state index is 11.2. The predicted molar refractivity (Wildman–Crippen MR) is 76.2 cm³/mol. The third kappa shape index (κ3) is 2.80. The molecule has 1 aromatic rings. The van der Waals surface area contributed by atoms with Gasteiger partial charge >= 0.3 is 0 Å². The van der Waals surface area contributed by atoms with Gasteiger partial charge in [-0.15, -0.1) is 0 Å². The first-order valence-corrected chi connectivity index (χ1v) is 6.59. The Bertz CT molecular complexity index is 482. The van der Waals surface area contributed by atoms with Crippen molar-refractivity contribution in [3.63, 3.8) is 0 Å². The summed E-state index contributed by atoms with van der Waals surface area (Å²) in [4.78, 5) is 11.2. The zero-order chi connectivity index (χ0) is 13.2. The highest BCUT2D eigenvalue weighted by molar-refractivity contribution is 6.68. The van der Waals surface area contributed by atoms with E-state index in [9.17, 15) is 4.79 Å². The van der Waals surface area contributed by atoms with Crippen molar-refractivity contribution >= 4 is 40.6 Å². The number of hydrogen-bond donors (Lipinski definition) is 0. The number of ketones is 1. The third-order valence-electron chi connectivity index (χ3n) is 2.96. The molecule has 0 heterocycles. The minimum Gasteiger partial charge on any atom is -0.290 e. The Balaban J connectivity index is 2.36. The number of alkyl halides is 3. The molecule has 0 bridgehead atoms. The smallest absolute Gasteiger partial charge is 0.203 e. The van der Waals surface area contributed by atoms with Crippen LogP contribution in [0, 0.1) is 5.41 Å². The average molecular weight is 302 g/mol. The Hall–Kier alpha value is -0.760. The molecule has 1 aliphatic rings. The van der Waals surface area contributed by atoms with Crippen molar-refractivity contribution in [1.29, 1.82) is 0 Å². The van der Waals surface area contributed by atoms with Gasteiger partial charge in [0.15, 0.2) is 5.78 Å². The fourth-order valence-electron chi connectivity index (χ4n) is 1.91. The van der Waals surface area contributed by atoms with E-state index in [0.717, 1.165) is 5.56 Å². The first-order chi connectivity index (χ1) is 8.43. The van der Waals surface area contributed by atoms with Gasteiger partial charge in [-0.1, -0.05) is 77.3 Å². The Morgan fingerprint density at radius 3 is 2.06 bits per heavy atom. The van der Waals surface area contributed by atoms with Gasteiger partial charge in [0.1, 0.15) is 0 Å². The van der Waals surface area contributed by atoms with Crippen LogP contribution in [-0.2, 0) is 11.2 Å². The molecule has 0 amide bonds. The van der Waals surface area contributed by atoms with Crippen LogP contribution >= 0.6 is 34.8 Å². The zero-order valence-corrected chi connectivity index (χ0v) is 11.7. The molecule has 1 aliphatic carbocycles. The highest BCUT2D eigenvalue weighted by Crippen LogP contribution is 2.49. The average Bonchev–Trinajstić information content (AvgIpc) is 2.32. The lowest BCUT2D eigenvalue weighted by atomic mass is 9.79. The van der Waals surface area contributed by atoms with Crippen molar-refractivity contribution < 1.29 is 4.79 Å². The summed E-state index contributed by atoms with van der Waals surface area (Å²) in [6.45, 7) is 0. The summed E-state index contributed by atoms with van der Waals surface area (Å²) in [5.41, 5.74) is 0.264. The number of hydrogen-bond acceptors (Lipinski definition) is 1. The maximum absolute atomic E-state index is 11.2. The van der Waals surface area contributed by atoms with Crippen LogP contribution in [0.25, 0.3) is 0 Å². The molecule has 0 fully saturated rings. The van der Waals surface area contributed by atoms with Gasteiger partial charge in [-0.05, 0) is 24.1 Å². The van der Waals surface area contributed by atoms with Crippen LogP contribution in [0.3, 0.4) is 0 Å². The summed E-state index contributed by atoms with van der Waals surface area (Å²) >= 11 is 18.3. The fourth-order valence-corrected chi connectivity index (χ4v) is 2.49. The van der Waals surface area contributed by atoms with Crippen molar-refractivity contribution in [3.8, 4) is 0 Å². The first-order valence-electron chi connectivity index (χ1n) is 5.46. The molecule has 0 unspecified atom stereocenters. The maximum Gasteiger partial charge on any atom is 0.203 e. The molecule has 4 heteroatoms. The summed E-state index contributed by atoms with van der Waals surface area (Å²) in [5.74, 6) is -0.0899. The summed E-state index contributed by atoms with van der Waals surface area (Å²) in [5, 5.41) is 0. The molecule has 2 rings (SSSR count). The van der Waals surface area contributed by atoms with E-state index in [2.05, 4.69) is 0 Å². The van der Waals surface area contributed by atoms with Crippen molar-refractivity contribution in [2.24, 2.45) is 5.41 Å². The van der Waals surface area contributed by atoms with Crippen LogP contribution in [0.2, 0.25) is 0 Å².